The second kappa shape index (κ2) is 6.21. The average molecular weight is 280 g/mol. The van der Waals surface area contributed by atoms with Crippen molar-refractivity contribution in [3.63, 3.8) is 0 Å². The van der Waals surface area contributed by atoms with E-state index >= 15 is 0 Å². The van der Waals surface area contributed by atoms with Crippen molar-refractivity contribution >= 4 is 0 Å². The van der Waals surface area contributed by atoms with Crippen molar-refractivity contribution < 1.29 is 0 Å². The second-order valence-electron chi connectivity index (χ2n) is 4.60. The van der Waals surface area contributed by atoms with Crippen molar-refractivity contribution in [1.29, 1.82) is 0 Å². The predicted molar refractivity (Wildman–Crippen MR) is 78.4 cm³/mol. The molecule has 0 radical (unpaired) electrons. The molecule has 0 aromatic carbocycles. The normalized spacial score (nSPS) is 10.7. The summed E-state index contributed by atoms with van der Waals surface area (Å²) in [6.07, 6.45) is 10.3. The van der Waals surface area contributed by atoms with Gasteiger partial charge in [-0.1, -0.05) is 0 Å². The quantitative estimate of drug-likeness (QED) is 0.714. The molecule has 21 heavy (non-hydrogen) atoms. The molecule has 0 atom stereocenters. The van der Waals surface area contributed by atoms with Crippen LogP contribution in [0, 0.1) is 0 Å². The first-order chi connectivity index (χ1) is 10.4. The van der Waals surface area contributed by atoms with E-state index in [1.807, 2.05) is 16.8 Å². The van der Waals surface area contributed by atoms with E-state index < -0.39 is 0 Å². The van der Waals surface area contributed by atoms with Gasteiger partial charge in [0, 0.05) is 49.5 Å². The SMILES string of the molecule is CCn1nc(-c2ccncc2)nc1CCc1cnccn1. The van der Waals surface area contributed by atoms with E-state index in [-0.39, 0.29) is 0 Å². The van der Waals surface area contributed by atoms with Gasteiger partial charge in [-0.15, -0.1) is 0 Å². The van der Waals surface area contributed by atoms with E-state index in [9.17, 15) is 0 Å². The molecular formula is C15H16N6. The average Bonchev–Trinajstić information content (AvgIpc) is 2.98. The Labute approximate surface area is 122 Å². The number of nitrogens with zero attached hydrogens (tertiary/aromatic N) is 6. The molecule has 0 amide bonds. The van der Waals surface area contributed by atoms with E-state index in [2.05, 4.69) is 32.0 Å². The van der Waals surface area contributed by atoms with Crippen LogP contribution in [0.3, 0.4) is 0 Å². The van der Waals surface area contributed by atoms with Gasteiger partial charge in [-0.3, -0.25) is 15.0 Å². The van der Waals surface area contributed by atoms with E-state index in [0.29, 0.717) is 0 Å². The maximum atomic E-state index is 4.64. The Morgan fingerprint density at radius 2 is 1.86 bits per heavy atom. The van der Waals surface area contributed by atoms with Gasteiger partial charge in [0.15, 0.2) is 5.82 Å². The van der Waals surface area contributed by atoms with E-state index in [1.165, 1.54) is 0 Å². The monoisotopic (exact) mass is 280 g/mol. The van der Waals surface area contributed by atoms with Crippen molar-refractivity contribution in [3.05, 3.63) is 54.6 Å². The van der Waals surface area contributed by atoms with Gasteiger partial charge in [0.2, 0.25) is 0 Å². The molecule has 0 spiro atoms. The standard InChI is InChI=1S/C15H16N6/c1-2-21-14(4-3-13-11-17-9-10-18-13)19-15(20-21)12-5-7-16-8-6-12/h5-11H,2-4H2,1H3. The van der Waals surface area contributed by atoms with Crippen molar-refractivity contribution in [2.24, 2.45) is 0 Å². The molecule has 0 aliphatic carbocycles. The molecule has 0 saturated carbocycles. The van der Waals surface area contributed by atoms with Crippen LogP contribution in [0.25, 0.3) is 11.4 Å². The fraction of sp³-hybridized carbons (Fsp3) is 0.267. The summed E-state index contributed by atoms with van der Waals surface area (Å²) in [6.45, 7) is 2.87. The number of hydrogen-bond donors (Lipinski definition) is 0. The van der Waals surface area contributed by atoms with Gasteiger partial charge in [0.25, 0.3) is 0 Å². The highest BCUT2D eigenvalue weighted by Gasteiger charge is 2.10. The lowest BCUT2D eigenvalue weighted by molar-refractivity contribution is 0.611. The van der Waals surface area contributed by atoms with Crippen molar-refractivity contribution in [2.75, 3.05) is 0 Å². The molecule has 106 valence electrons. The smallest absolute Gasteiger partial charge is 0.181 e. The minimum absolute atomic E-state index is 0.744. The molecule has 0 unspecified atom stereocenters. The molecule has 6 heteroatoms. The lowest BCUT2D eigenvalue weighted by Crippen LogP contribution is -2.05. The molecule has 0 aliphatic rings. The summed E-state index contributed by atoms with van der Waals surface area (Å²) in [6, 6.07) is 3.84. The number of rotatable bonds is 5. The minimum atomic E-state index is 0.744. The summed E-state index contributed by atoms with van der Waals surface area (Å²) < 4.78 is 1.94. The van der Waals surface area contributed by atoms with E-state index in [4.69, 9.17) is 0 Å². The first-order valence-corrected chi connectivity index (χ1v) is 6.96. The molecule has 0 aliphatic heterocycles. The van der Waals surface area contributed by atoms with Gasteiger partial charge in [0.1, 0.15) is 5.82 Å². The Morgan fingerprint density at radius 3 is 2.57 bits per heavy atom. The fourth-order valence-electron chi connectivity index (χ4n) is 2.13. The zero-order valence-electron chi connectivity index (χ0n) is 11.8. The highest BCUT2D eigenvalue weighted by atomic mass is 15.3. The van der Waals surface area contributed by atoms with Crippen LogP contribution in [0.1, 0.15) is 18.4 Å². The zero-order valence-corrected chi connectivity index (χ0v) is 11.8. The molecule has 3 heterocycles. The van der Waals surface area contributed by atoms with Gasteiger partial charge >= 0.3 is 0 Å². The number of aryl methyl sites for hydroxylation is 3. The summed E-state index contributed by atoms with van der Waals surface area (Å²) in [5, 5.41) is 4.55. The van der Waals surface area contributed by atoms with Crippen LogP contribution in [0.15, 0.2) is 43.1 Å². The molecule has 3 aromatic heterocycles. The largest absolute Gasteiger partial charge is 0.265 e. The van der Waals surface area contributed by atoms with Crippen LogP contribution in [-0.4, -0.2) is 29.7 Å². The molecule has 0 bridgehead atoms. The van der Waals surface area contributed by atoms with Crippen LogP contribution in [-0.2, 0) is 19.4 Å². The maximum absolute atomic E-state index is 4.64. The zero-order chi connectivity index (χ0) is 14.5. The summed E-state index contributed by atoms with van der Waals surface area (Å²) in [4.78, 5) is 17.0. The van der Waals surface area contributed by atoms with Gasteiger partial charge < -0.3 is 0 Å². The lowest BCUT2D eigenvalue weighted by atomic mass is 10.2. The van der Waals surface area contributed by atoms with Gasteiger partial charge in [-0.25, -0.2) is 9.67 Å². The summed E-state index contributed by atoms with van der Waals surface area (Å²) in [5.74, 6) is 1.71. The predicted octanol–water partition coefficient (Wildman–Crippen LogP) is 1.94. The van der Waals surface area contributed by atoms with Crippen molar-refractivity contribution in [2.45, 2.75) is 26.3 Å². The fourth-order valence-corrected chi connectivity index (χ4v) is 2.13. The summed E-state index contributed by atoms with van der Waals surface area (Å²) in [7, 11) is 0. The molecule has 6 nitrogen and oxygen atoms in total. The molecular weight excluding hydrogens is 264 g/mol. The van der Waals surface area contributed by atoms with Gasteiger partial charge in [-0.05, 0) is 25.5 Å². The van der Waals surface area contributed by atoms with Crippen LogP contribution < -0.4 is 0 Å². The van der Waals surface area contributed by atoms with Crippen LogP contribution in [0.5, 0.6) is 0 Å². The van der Waals surface area contributed by atoms with Gasteiger partial charge in [-0.2, -0.15) is 5.10 Å². The second-order valence-corrected chi connectivity index (χ2v) is 4.60. The Kier molecular flexibility index (Phi) is 3.95. The van der Waals surface area contributed by atoms with Crippen molar-refractivity contribution in [1.82, 2.24) is 29.7 Å². The first-order valence-electron chi connectivity index (χ1n) is 6.96. The molecule has 0 saturated heterocycles. The molecule has 3 aromatic rings. The Bertz CT molecular complexity index is 693. The third-order valence-corrected chi connectivity index (χ3v) is 3.21. The molecule has 0 fully saturated rings. The molecule has 3 rings (SSSR count). The first kappa shape index (κ1) is 13.4. The summed E-state index contributed by atoms with van der Waals surface area (Å²) in [5.41, 5.74) is 1.95. The Hall–Kier alpha value is -2.63. The highest BCUT2D eigenvalue weighted by molar-refractivity contribution is 5.53. The maximum Gasteiger partial charge on any atom is 0.181 e. The van der Waals surface area contributed by atoms with Crippen molar-refractivity contribution in [3.8, 4) is 11.4 Å². The third-order valence-electron chi connectivity index (χ3n) is 3.21. The van der Waals surface area contributed by atoms with Crippen LogP contribution in [0.4, 0.5) is 0 Å². The number of pyridine rings is 1. The molecule has 0 N–H and O–H groups in total. The van der Waals surface area contributed by atoms with E-state index in [0.717, 1.165) is 42.3 Å². The topological polar surface area (TPSA) is 69.4 Å². The lowest BCUT2D eigenvalue weighted by Gasteiger charge is -2.01. The number of hydrogen-bond acceptors (Lipinski definition) is 5. The minimum Gasteiger partial charge on any atom is -0.265 e. The Morgan fingerprint density at radius 1 is 1.00 bits per heavy atom. The van der Waals surface area contributed by atoms with Gasteiger partial charge in [0.05, 0.1) is 5.69 Å². The highest BCUT2D eigenvalue weighted by Crippen LogP contribution is 2.15. The van der Waals surface area contributed by atoms with Crippen LogP contribution in [0.2, 0.25) is 0 Å². The third kappa shape index (κ3) is 3.10. The van der Waals surface area contributed by atoms with E-state index in [1.54, 1.807) is 31.0 Å². The summed E-state index contributed by atoms with van der Waals surface area (Å²) >= 11 is 0. The van der Waals surface area contributed by atoms with Crippen LogP contribution >= 0.6 is 0 Å². The number of aromatic nitrogens is 6. The Balaban J connectivity index is 1.80.